The van der Waals surface area contributed by atoms with Crippen LogP contribution in [0.3, 0.4) is 0 Å². The van der Waals surface area contributed by atoms with Gasteiger partial charge in [-0.3, -0.25) is 0 Å². The molecule has 0 saturated carbocycles. The molecule has 0 aliphatic heterocycles. The van der Waals surface area contributed by atoms with Gasteiger partial charge in [-0.1, -0.05) is 38.5 Å². The van der Waals surface area contributed by atoms with Gasteiger partial charge in [0.1, 0.15) is 0 Å². The Bertz CT molecular complexity index is 215. The lowest BCUT2D eigenvalue weighted by Crippen LogP contribution is -2.22. The molecule has 0 aromatic rings. The molecule has 0 spiro atoms. The molecule has 14 heavy (non-hydrogen) atoms. The summed E-state index contributed by atoms with van der Waals surface area (Å²) in [7, 11) is 0. The van der Waals surface area contributed by atoms with E-state index < -0.39 is 0 Å². The van der Waals surface area contributed by atoms with E-state index in [4.69, 9.17) is 0 Å². The minimum absolute atomic E-state index is 0.480. The van der Waals surface area contributed by atoms with Gasteiger partial charge in [0.15, 0.2) is 0 Å². The topological polar surface area (TPSA) is 0 Å². The smallest absolute Gasteiger partial charge is 0.0286 e. The van der Waals surface area contributed by atoms with E-state index in [0.29, 0.717) is 5.41 Å². The molecule has 0 nitrogen and oxygen atoms in total. The van der Waals surface area contributed by atoms with Gasteiger partial charge in [-0.15, -0.1) is 6.58 Å². The van der Waals surface area contributed by atoms with E-state index in [-0.39, 0.29) is 0 Å². The maximum atomic E-state index is 3.79. The lowest BCUT2D eigenvalue weighted by atomic mass is 9.72. The van der Waals surface area contributed by atoms with Crippen molar-refractivity contribution in [2.45, 2.75) is 52.9 Å². The first-order chi connectivity index (χ1) is 6.54. The van der Waals surface area contributed by atoms with E-state index in [9.17, 15) is 0 Å². The second-order valence-corrected chi connectivity index (χ2v) is 5.53. The lowest BCUT2D eigenvalue weighted by molar-refractivity contribution is 0.217. The Morgan fingerprint density at radius 3 is 2.79 bits per heavy atom. The summed E-state index contributed by atoms with van der Waals surface area (Å²) in [6, 6.07) is 0. The second kappa shape index (κ2) is 4.82. The monoisotopic (exact) mass is 192 g/mol. The Morgan fingerprint density at radius 2 is 2.21 bits per heavy atom. The standard InChI is InChI=1S/C14H24/c1-5-6-8-12-9-7-10-13(11-12)14(2,3)4/h5,9,13H,1,6-8,10-11H2,2-4H3/t13-/m0/s1. The largest absolute Gasteiger partial charge is 0.103 e. The predicted octanol–water partition coefficient (Wildman–Crippen LogP) is 4.73. The number of hydrogen-bond donors (Lipinski definition) is 0. The summed E-state index contributed by atoms with van der Waals surface area (Å²) in [5.41, 5.74) is 2.14. The zero-order chi connectivity index (χ0) is 10.6. The second-order valence-electron chi connectivity index (χ2n) is 5.53. The van der Waals surface area contributed by atoms with Gasteiger partial charge >= 0.3 is 0 Å². The summed E-state index contributed by atoms with van der Waals surface area (Å²) in [5, 5.41) is 0. The fraction of sp³-hybridized carbons (Fsp3) is 0.714. The Balaban J connectivity index is 2.49. The molecule has 0 aromatic carbocycles. The molecule has 0 fully saturated rings. The van der Waals surface area contributed by atoms with Crippen LogP contribution in [0.2, 0.25) is 0 Å². The van der Waals surface area contributed by atoms with E-state index in [1.54, 1.807) is 5.57 Å². The van der Waals surface area contributed by atoms with Crippen molar-refractivity contribution in [3.8, 4) is 0 Å². The highest BCUT2D eigenvalue weighted by Crippen LogP contribution is 2.38. The molecule has 0 heteroatoms. The van der Waals surface area contributed by atoms with Crippen LogP contribution >= 0.6 is 0 Å². The molecule has 0 N–H and O–H groups in total. The van der Waals surface area contributed by atoms with Crippen LogP contribution in [0.5, 0.6) is 0 Å². The molecule has 0 aromatic heterocycles. The molecule has 0 saturated heterocycles. The first kappa shape index (κ1) is 11.6. The minimum Gasteiger partial charge on any atom is -0.103 e. The summed E-state index contributed by atoms with van der Waals surface area (Å²) in [6.45, 7) is 10.9. The van der Waals surface area contributed by atoms with Crippen molar-refractivity contribution in [2.75, 3.05) is 0 Å². The van der Waals surface area contributed by atoms with Crippen molar-refractivity contribution >= 4 is 0 Å². The Kier molecular flexibility index (Phi) is 3.97. The molecule has 80 valence electrons. The average Bonchev–Trinajstić information content (AvgIpc) is 2.14. The van der Waals surface area contributed by atoms with Crippen molar-refractivity contribution in [3.05, 3.63) is 24.3 Å². The average molecular weight is 192 g/mol. The van der Waals surface area contributed by atoms with Gasteiger partial charge in [-0.2, -0.15) is 0 Å². The molecule has 1 rings (SSSR count). The van der Waals surface area contributed by atoms with Crippen molar-refractivity contribution in [1.82, 2.24) is 0 Å². The number of hydrogen-bond acceptors (Lipinski definition) is 0. The van der Waals surface area contributed by atoms with Crippen LogP contribution in [0.25, 0.3) is 0 Å². The Morgan fingerprint density at radius 1 is 1.50 bits per heavy atom. The summed E-state index contributed by atoms with van der Waals surface area (Å²) in [4.78, 5) is 0. The van der Waals surface area contributed by atoms with E-state index in [2.05, 4.69) is 33.4 Å². The SMILES string of the molecule is C=CCCC1=CCC[C@H](C(C)(C)C)C1. The van der Waals surface area contributed by atoms with E-state index >= 15 is 0 Å². The third kappa shape index (κ3) is 3.32. The van der Waals surface area contributed by atoms with Crippen LogP contribution in [0.1, 0.15) is 52.9 Å². The molecule has 1 atom stereocenters. The molecule has 0 radical (unpaired) electrons. The molecule has 0 bridgehead atoms. The van der Waals surface area contributed by atoms with E-state index in [1.807, 2.05) is 6.08 Å². The predicted molar refractivity (Wildman–Crippen MR) is 64.3 cm³/mol. The molecule has 1 aliphatic rings. The molecule has 1 aliphatic carbocycles. The van der Waals surface area contributed by atoms with Crippen molar-refractivity contribution < 1.29 is 0 Å². The first-order valence-corrected chi connectivity index (χ1v) is 5.83. The zero-order valence-corrected chi connectivity index (χ0v) is 9.97. The maximum Gasteiger partial charge on any atom is -0.0286 e. The fourth-order valence-corrected chi connectivity index (χ4v) is 2.22. The van der Waals surface area contributed by atoms with Crippen LogP contribution in [0.4, 0.5) is 0 Å². The molecule has 0 unspecified atom stereocenters. The van der Waals surface area contributed by atoms with Crippen LogP contribution in [-0.4, -0.2) is 0 Å². The maximum absolute atomic E-state index is 3.79. The van der Waals surface area contributed by atoms with Gasteiger partial charge in [0.2, 0.25) is 0 Å². The number of rotatable bonds is 3. The third-order valence-electron chi connectivity index (χ3n) is 3.35. The quantitative estimate of drug-likeness (QED) is 0.567. The van der Waals surface area contributed by atoms with Gasteiger partial charge < -0.3 is 0 Å². The van der Waals surface area contributed by atoms with E-state index in [0.717, 1.165) is 12.3 Å². The molecular formula is C14H24. The zero-order valence-electron chi connectivity index (χ0n) is 9.97. The van der Waals surface area contributed by atoms with Crippen molar-refractivity contribution in [2.24, 2.45) is 11.3 Å². The minimum atomic E-state index is 0.480. The molecule has 0 amide bonds. The van der Waals surface area contributed by atoms with Gasteiger partial charge in [0, 0.05) is 0 Å². The summed E-state index contributed by atoms with van der Waals surface area (Å²) in [5.74, 6) is 0.882. The van der Waals surface area contributed by atoms with Crippen molar-refractivity contribution in [1.29, 1.82) is 0 Å². The molecular weight excluding hydrogens is 168 g/mol. The van der Waals surface area contributed by atoms with Crippen LogP contribution < -0.4 is 0 Å². The van der Waals surface area contributed by atoms with Crippen LogP contribution in [-0.2, 0) is 0 Å². The fourth-order valence-electron chi connectivity index (χ4n) is 2.22. The Labute approximate surface area is 89.1 Å². The normalized spacial score (nSPS) is 23.1. The summed E-state index contributed by atoms with van der Waals surface area (Å²) in [6.07, 6.45) is 10.8. The molecule has 0 heterocycles. The summed E-state index contributed by atoms with van der Waals surface area (Å²) < 4.78 is 0. The van der Waals surface area contributed by atoms with Gasteiger partial charge in [-0.05, 0) is 43.4 Å². The highest BCUT2D eigenvalue weighted by atomic mass is 14.3. The Hall–Kier alpha value is -0.520. The van der Waals surface area contributed by atoms with Gasteiger partial charge in [0.25, 0.3) is 0 Å². The van der Waals surface area contributed by atoms with Crippen LogP contribution in [0, 0.1) is 11.3 Å². The van der Waals surface area contributed by atoms with Crippen molar-refractivity contribution in [3.63, 3.8) is 0 Å². The summed E-state index contributed by atoms with van der Waals surface area (Å²) >= 11 is 0. The highest BCUT2D eigenvalue weighted by molar-refractivity contribution is 5.09. The third-order valence-corrected chi connectivity index (χ3v) is 3.35. The van der Waals surface area contributed by atoms with Gasteiger partial charge in [-0.25, -0.2) is 0 Å². The first-order valence-electron chi connectivity index (χ1n) is 5.83. The highest BCUT2D eigenvalue weighted by Gasteiger charge is 2.26. The lowest BCUT2D eigenvalue weighted by Gasteiger charge is -2.34. The van der Waals surface area contributed by atoms with E-state index in [1.165, 1.54) is 25.7 Å². The van der Waals surface area contributed by atoms with Gasteiger partial charge in [0.05, 0.1) is 0 Å². The number of allylic oxidation sites excluding steroid dienone is 3. The van der Waals surface area contributed by atoms with Crippen LogP contribution in [0.15, 0.2) is 24.3 Å².